The third kappa shape index (κ3) is 4.66. The van der Waals surface area contributed by atoms with E-state index < -0.39 is 17.8 Å². The lowest BCUT2D eigenvalue weighted by Crippen LogP contribution is -2.09. The van der Waals surface area contributed by atoms with Crippen LogP contribution in [-0.2, 0) is 4.79 Å². The Morgan fingerprint density at radius 1 is 1.04 bits per heavy atom. The molecule has 2 aromatic carbocycles. The summed E-state index contributed by atoms with van der Waals surface area (Å²) in [6, 6.07) is 9.49. The standard InChI is InChI=1S/C17H12ClFO4/c1-2-3-16(20)22-12-6-4-11(5-7-12)17(21)23-13-8-9-14(18)15(19)10-13/h2-10H,1H3/b3-2+. The lowest BCUT2D eigenvalue weighted by Gasteiger charge is -2.06. The summed E-state index contributed by atoms with van der Waals surface area (Å²) >= 11 is 5.55. The molecule has 0 bridgehead atoms. The minimum absolute atomic E-state index is 0.0421. The first-order valence-corrected chi connectivity index (χ1v) is 6.99. The Morgan fingerprint density at radius 2 is 1.70 bits per heavy atom. The fourth-order valence-electron chi connectivity index (χ4n) is 1.65. The summed E-state index contributed by atoms with van der Waals surface area (Å²) in [4.78, 5) is 23.2. The number of carbonyl (C=O) groups is 2. The van der Waals surface area contributed by atoms with Crippen molar-refractivity contribution < 1.29 is 23.5 Å². The van der Waals surface area contributed by atoms with Gasteiger partial charge in [-0.05, 0) is 43.3 Å². The maximum atomic E-state index is 13.3. The molecule has 0 spiro atoms. The van der Waals surface area contributed by atoms with Crippen molar-refractivity contribution in [3.63, 3.8) is 0 Å². The molecular formula is C17H12ClFO4. The number of hydrogen-bond donors (Lipinski definition) is 0. The summed E-state index contributed by atoms with van der Waals surface area (Å²) in [6.07, 6.45) is 2.83. The molecule has 0 aliphatic carbocycles. The zero-order chi connectivity index (χ0) is 16.8. The molecule has 0 radical (unpaired) electrons. The smallest absolute Gasteiger partial charge is 0.343 e. The minimum Gasteiger partial charge on any atom is -0.423 e. The Bertz CT molecular complexity index is 754. The van der Waals surface area contributed by atoms with Crippen LogP contribution in [0.15, 0.2) is 54.6 Å². The van der Waals surface area contributed by atoms with Gasteiger partial charge in [0, 0.05) is 12.1 Å². The van der Waals surface area contributed by atoms with Crippen molar-refractivity contribution in [1.29, 1.82) is 0 Å². The average molecular weight is 335 g/mol. The van der Waals surface area contributed by atoms with E-state index in [4.69, 9.17) is 21.1 Å². The Labute approximate surface area is 137 Å². The van der Waals surface area contributed by atoms with Gasteiger partial charge in [0.05, 0.1) is 10.6 Å². The summed E-state index contributed by atoms with van der Waals surface area (Å²) < 4.78 is 23.3. The summed E-state index contributed by atoms with van der Waals surface area (Å²) in [5, 5.41) is -0.0582. The third-order valence-corrected chi connectivity index (χ3v) is 3.02. The number of halogens is 2. The van der Waals surface area contributed by atoms with E-state index >= 15 is 0 Å². The van der Waals surface area contributed by atoms with Gasteiger partial charge in [0.2, 0.25) is 0 Å². The monoisotopic (exact) mass is 334 g/mol. The van der Waals surface area contributed by atoms with Crippen molar-refractivity contribution in [2.75, 3.05) is 0 Å². The number of esters is 2. The van der Waals surface area contributed by atoms with E-state index in [-0.39, 0.29) is 16.3 Å². The Balaban J connectivity index is 2.05. The van der Waals surface area contributed by atoms with Crippen LogP contribution in [0.1, 0.15) is 17.3 Å². The Kier molecular flexibility index (Phi) is 5.49. The minimum atomic E-state index is -0.678. The molecule has 0 saturated carbocycles. The van der Waals surface area contributed by atoms with Crippen molar-refractivity contribution in [2.45, 2.75) is 6.92 Å². The first-order chi connectivity index (χ1) is 11.0. The lowest BCUT2D eigenvalue weighted by atomic mass is 10.2. The van der Waals surface area contributed by atoms with Gasteiger partial charge in [-0.1, -0.05) is 17.7 Å². The summed E-state index contributed by atoms with van der Waals surface area (Å²) in [6.45, 7) is 1.69. The molecule has 0 aliphatic rings. The number of rotatable bonds is 4. The molecule has 0 unspecified atom stereocenters. The normalized spacial score (nSPS) is 10.6. The predicted octanol–water partition coefficient (Wildman–Crippen LogP) is 4.18. The van der Waals surface area contributed by atoms with Crippen LogP contribution in [0.5, 0.6) is 11.5 Å². The first kappa shape index (κ1) is 16.7. The van der Waals surface area contributed by atoms with Crippen LogP contribution in [0.4, 0.5) is 4.39 Å². The van der Waals surface area contributed by atoms with E-state index in [2.05, 4.69) is 0 Å². The van der Waals surface area contributed by atoms with Crippen LogP contribution in [0.25, 0.3) is 0 Å². The molecule has 23 heavy (non-hydrogen) atoms. The van der Waals surface area contributed by atoms with E-state index in [1.165, 1.54) is 42.5 Å². The molecule has 0 saturated heterocycles. The molecule has 0 N–H and O–H groups in total. The van der Waals surface area contributed by atoms with Crippen LogP contribution in [0, 0.1) is 5.82 Å². The van der Waals surface area contributed by atoms with Gasteiger partial charge in [-0.25, -0.2) is 14.0 Å². The fourth-order valence-corrected chi connectivity index (χ4v) is 1.77. The van der Waals surface area contributed by atoms with E-state index in [0.29, 0.717) is 5.75 Å². The van der Waals surface area contributed by atoms with E-state index in [9.17, 15) is 14.0 Å². The second-order valence-electron chi connectivity index (χ2n) is 4.41. The summed E-state index contributed by atoms with van der Waals surface area (Å²) in [7, 11) is 0. The van der Waals surface area contributed by atoms with Gasteiger partial charge >= 0.3 is 11.9 Å². The van der Waals surface area contributed by atoms with Gasteiger partial charge in [0.25, 0.3) is 0 Å². The molecule has 4 nitrogen and oxygen atoms in total. The number of benzene rings is 2. The van der Waals surface area contributed by atoms with Crippen molar-refractivity contribution in [3.8, 4) is 11.5 Å². The highest BCUT2D eigenvalue weighted by molar-refractivity contribution is 6.30. The third-order valence-electron chi connectivity index (χ3n) is 2.71. The zero-order valence-corrected chi connectivity index (χ0v) is 12.8. The van der Waals surface area contributed by atoms with Crippen molar-refractivity contribution in [3.05, 3.63) is 71.0 Å². The van der Waals surface area contributed by atoms with Gasteiger partial charge < -0.3 is 9.47 Å². The van der Waals surface area contributed by atoms with Crippen molar-refractivity contribution in [2.24, 2.45) is 0 Å². The SMILES string of the molecule is C/C=C/C(=O)Oc1ccc(C(=O)Oc2ccc(Cl)c(F)c2)cc1. The maximum absolute atomic E-state index is 13.3. The van der Waals surface area contributed by atoms with Crippen molar-refractivity contribution >= 4 is 23.5 Å². The molecule has 2 rings (SSSR count). The van der Waals surface area contributed by atoms with Gasteiger partial charge in [-0.3, -0.25) is 0 Å². The van der Waals surface area contributed by atoms with E-state index in [1.54, 1.807) is 13.0 Å². The molecule has 0 aliphatic heterocycles. The average Bonchev–Trinajstić information content (AvgIpc) is 2.52. The molecule has 6 heteroatoms. The summed E-state index contributed by atoms with van der Waals surface area (Å²) in [5.41, 5.74) is 0.228. The first-order valence-electron chi connectivity index (χ1n) is 6.61. The van der Waals surface area contributed by atoms with Crippen LogP contribution in [0.2, 0.25) is 5.02 Å². The Hall–Kier alpha value is -2.66. The van der Waals surface area contributed by atoms with Gasteiger partial charge in [0.15, 0.2) is 0 Å². The lowest BCUT2D eigenvalue weighted by molar-refractivity contribution is -0.129. The largest absolute Gasteiger partial charge is 0.423 e. The van der Waals surface area contributed by atoms with Gasteiger partial charge in [-0.15, -0.1) is 0 Å². The van der Waals surface area contributed by atoms with E-state index in [0.717, 1.165) is 6.07 Å². The molecule has 0 heterocycles. The second kappa shape index (κ2) is 7.56. The molecule has 0 aromatic heterocycles. The van der Waals surface area contributed by atoms with Crippen molar-refractivity contribution in [1.82, 2.24) is 0 Å². The fraction of sp³-hybridized carbons (Fsp3) is 0.0588. The Morgan fingerprint density at radius 3 is 2.30 bits per heavy atom. The van der Waals surface area contributed by atoms with Crippen LogP contribution in [-0.4, -0.2) is 11.9 Å². The maximum Gasteiger partial charge on any atom is 0.343 e. The number of allylic oxidation sites excluding steroid dienone is 1. The van der Waals surface area contributed by atoms with Gasteiger partial charge in [-0.2, -0.15) is 0 Å². The molecule has 0 fully saturated rings. The molecule has 2 aromatic rings. The quantitative estimate of drug-likeness (QED) is 0.478. The van der Waals surface area contributed by atoms with E-state index in [1.807, 2.05) is 0 Å². The second-order valence-corrected chi connectivity index (χ2v) is 4.82. The molecular weight excluding hydrogens is 323 g/mol. The summed E-state index contributed by atoms with van der Waals surface area (Å²) in [5.74, 6) is -1.52. The topological polar surface area (TPSA) is 52.6 Å². The number of carbonyl (C=O) groups excluding carboxylic acids is 2. The molecule has 0 atom stereocenters. The van der Waals surface area contributed by atoms with Crippen LogP contribution in [0.3, 0.4) is 0 Å². The zero-order valence-electron chi connectivity index (χ0n) is 12.1. The molecule has 0 amide bonds. The highest BCUT2D eigenvalue weighted by Crippen LogP contribution is 2.21. The predicted molar refractivity (Wildman–Crippen MR) is 83.3 cm³/mol. The highest BCUT2D eigenvalue weighted by Gasteiger charge is 2.11. The van der Waals surface area contributed by atoms with Crippen LogP contribution >= 0.6 is 11.6 Å². The van der Waals surface area contributed by atoms with Crippen LogP contribution < -0.4 is 9.47 Å². The number of ether oxygens (including phenoxy) is 2. The van der Waals surface area contributed by atoms with Gasteiger partial charge in [0.1, 0.15) is 17.3 Å². The number of hydrogen-bond acceptors (Lipinski definition) is 4. The highest BCUT2D eigenvalue weighted by atomic mass is 35.5. The molecule has 118 valence electrons.